The van der Waals surface area contributed by atoms with Crippen molar-refractivity contribution < 1.29 is 22.9 Å². The molecular formula is C4H7O5S-. The summed E-state index contributed by atoms with van der Waals surface area (Å²) >= 11 is 0. The average molecular weight is 167 g/mol. The predicted molar refractivity (Wildman–Crippen MR) is 31.4 cm³/mol. The Kier molecular flexibility index (Phi) is 2.79. The van der Waals surface area contributed by atoms with Gasteiger partial charge < -0.3 is 9.66 Å². The molecule has 0 amide bonds. The van der Waals surface area contributed by atoms with E-state index in [1.807, 2.05) is 0 Å². The minimum Gasteiger partial charge on any atom is -0.748 e. The van der Waals surface area contributed by atoms with Gasteiger partial charge in [0.2, 0.25) is 0 Å². The molecule has 0 saturated heterocycles. The SMILES string of the molecule is CC(CC(=O)O)S(=O)(=O)[O-]. The third kappa shape index (κ3) is 3.41. The van der Waals surface area contributed by atoms with Gasteiger partial charge in [-0.3, -0.25) is 4.79 Å². The summed E-state index contributed by atoms with van der Waals surface area (Å²) in [5.41, 5.74) is 0. The predicted octanol–water partition coefficient (Wildman–Crippen LogP) is -0.605. The highest BCUT2D eigenvalue weighted by Gasteiger charge is 2.13. The topological polar surface area (TPSA) is 94.5 Å². The fraction of sp³-hybridized carbons (Fsp3) is 0.750. The van der Waals surface area contributed by atoms with Gasteiger partial charge in [0.15, 0.2) is 0 Å². The van der Waals surface area contributed by atoms with Gasteiger partial charge in [-0.25, -0.2) is 8.42 Å². The van der Waals surface area contributed by atoms with Gasteiger partial charge in [0, 0.05) is 0 Å². The fourth-order valence-corrected chi connectivity index (χ4v) is 0.695. The summed E-state index contributed by atoms with van der Waals surface area (Å²) in [5, 5.41) is 6.70. The van der Waals surface area contributed by atoms with Gasteiger partial charge >= 0.3 is 5.97 Å². The molecule has 0 rings (SSSR count). The van der Waals surface area contributed by atoms with Crippen molar-refractivity contribution in [3.05, 3.63) is 0 Å². The van der Waals surface area contributed by atoms with Crippen LogP contribution in [0.1, 0.15) is 13.3 Å². The lowest BCUT2D eigenvalue weighted by atomic mass is 10.3. The number of carboxylic acids is 1. The van der Waals surface area contributed by atoms with Gasteiger partial charge in [-0.05, 0) is 6.92 Å². The quantitative estimate of drug-likeness (QED) is 0.566. The van der Waals surface area contributed by atoms with Gasteiger partial charge in [0.05, 0.1) is 21.8 Å². The molecule has 1 N–H and O–H groups in total. The van der Waals surface area contributed by atoms with Crippen molar-refractivity contribution in [1.29, 1.82) is 0 Å². The van der Waals surface area contributed by atoms with Gasteiger partial charge in [-0.15, -0.1) is 0 Å². The Morgan fingerprint density at radius 2 is 2.10 bits per heavy atom. The first-order chi connectivity index (χ1) is 4.34. The van der Waals surface area contributed by atoms with Crippen molar-refractivity contribution in [2.75, 3.05) is 0 Å². The second kappa shape index (κ2) is 2.98. The van der Waals surface area contributed by atoms with Crippen LogP contribution in [0.25, 0.3) is 0 Å². The number of aliphatic carboxylic acids is 1. The van der Waals surface area contributed by atoms with E-state index >= 15 is 0 Å². The smallest absolute Gasteiger partial charge is 0.304 e. The standard InChI is InChI=1S/C4H8O5S/c1-3(2-4(5)6)10(7,8)9/h3H,2H2,1H3,(H,5,6)(H,7,8,9)/p-1. The number of hydrogen-bond acceptors (Lipinski definition) is 4. The molecular weight excluding hydrogens is 160 g/mol. The van der Waals surface area contributed by atoms with Crippen LogP contribution in [-0.4, -0.2) is 29.3 Å². The summed E-state index contributed by atoms with van der Waals surface area (Å²) in [6.07, 6.45) is -0.633. The van der Waals surface area contributed by atoms with Crippen molar-refractivity contribution in [3.63, 3.8) is 0 Å². The Labute approximate surface area is 58.4 Å². The van der Waals surface area contributed by atoms with Crippen molar-refractivity contribution in [2.24, 2.45) is 0 Å². The minimum atomic E-state index is -4.43. The highest BCUT2D eigenvalue weighted by atomic mass is 32.2. The number of carboxylic acid groups (broad SMARTS) is 1. The van der Waals surface area contributed by atoms with Crippen molar-refractivity contribution in [1.82, 2.24) is 0 Å². The number of carbonyl (C=O) groups is 1. The van der Waals surface area contributed by atoms with E-state index in [4.69, 9.17) is 5.11 Å². The third-order valence-electron chi connectivity index (χ3n) is 0.955. The summed E-state index contributed by atoms with van der Waals surface area (Å²) in [5.74, 6) is -1.29. The second-order valence-electron chi connectivity index (χ2n) is 1.90. The van der Waals surface area contributed by atoms with E-state index in [9.17, 15) is 17.8 Å². The molecule has 1 atom stereocenters. The Balaban J connectivity index is 4.12. The number of hydrogen-bond donors (Lipinski definition) is 1. The van der Waals surface area contributed by atoms with Crippen LogP contribution >= 0.6 is 0 Å². The lowest BCUT2D eigenvalue weighted by molar-refractivity contribution is -0.137. The number of rotatable bonds is 3. The molecule has 0 aromatic carbocycles. The zero-order valence-corrected chi connectivity index (χ0v) is 6.09. The second-order valence-corrected chi connectivity index (χ2v) is 3.69. The summed E-state index contributed by atoms with van der Waals surface area (Å²) < 4.78 is 30.1. The highest BCUT2D eigenvalue weighted by Crippen LogP contribution is 2.01. The van der Waals surface area contributed by atoms with Crippen LogP contribution in [0, 0.1) is 0 Å². The molecule has 0 saturated carbocycles. The van der Waals surface area contributed by atoms with Crippen LogP contribution in [0.5, 0.6) is 0 Å². The molecule has 0 radical (unpaired) electrons. The van der Waals surface area contributed by atoms with Crippen LogP contribution < -0.4 is 0 Å². The van der Waals surface area contributed by atoms with E-state index in [0.29, 0.717) is 0 Å². The Morgan fingerprint density at radius 3 is 2.20 bits per heavy atom. The zero-order chi connectivity index (χ0) is 8.36. The highest BCUT2D eigenvalue weighted by molar-refractivity contribution is 7.86. The lowest BCUT2D eigenvalue weighted by Crippen LogP contribution is -2.20. The maximum atomic E-state index is 10.0. The van der Waals surface area contributed by atoms with E-state index in [1.165, 1.54) is 0 Å². The van der Waals surface area contributed by atoms with E-state index in [-0.39, 0.29) is 0 Å². The van der Waals surface area contributed by atoms with Crippen LogP contribution in [0.2, 0.25) is 0 Å². The monoisotopic (exact) mass is 167 g/mol. The van der Waals surface area contributed by atoms with Gasteiger partial charge in [-0.2, -0.15) is 0 Å². The summed E-state index contributed by atoms with van der Waals surface area (Å²) in [4.78, 5) is 9.85. The largest absolute Gasteiger partial charge is 0.748 e. The van der Waals surface area contributed by atoms with Crippen LogP contribution in [-0.2, 0) is 14.9 Å². The van der Waals surface area contributed by atoms with Gasteiger partial charge in [-0.1, -0.05) is 0 Å². The van der Waals surface area contributed by atoms with Crippen molar-refractivity contribution >= 4 is 16.1 Å². The molecule has 0 aliphatic heterocycles. The lowest BCUT2D eigenvalue weighted by Gasteiger charge is -2.12. The average Bonchev–Trinajstić information content (AvgIpc) is 1.60. The molecule has 0 aliphatic carbocycles. The minimum absolute atomic E-state index is 0.633. The Morgan fingerprint density at radius 1 is 1.70 bits per heavy atom. The first-order valence-electron chi connectivity index (χ1n) is 2.50. The van der Waals surface area contributed by atoms with Crippen molar-refractivity contribution in [2.45, 2.75) is 18.6 Å². The summed E-state index contributed by atoms with van der Waals surface area (Å²) in [6.45, 7) is 1.07. The van der Waals surface area contributed by atoms with Crippen LogP contribution in [0.15, 0.2) is 0 Å². The molecule has 0 fully saturated rings. The molecule has 1 unspecified atom stereocenters. The maximum Gasteiger partial charge on any atom is 0.304 e. The summed E-state index contributed by atoms with van der Waals surface area (Å²) in [6, 6.07) is 0. The third-order valence-corrected chi connectivity index (χ3v) is 2.11. The van der Waals surface area contributed by atoms with E-state index in [2.05, 4.69) is 0 Å². The normalized spacial score (nSPS) is 14.6. The molecule has 0 aromatic heterocycles. The molecule has 0 heterocycles. The Bertz CT molecular complexity index is 216. The Hall–Kier alpha value is -0.620. The molecule has 5 nitrogen and oxygen atoms in total. The van der Waals surface area contributed by atoms with Gasteiger partial charge in [0.25, 0.3) is 0 Å². The summed E-state index contributed by atoms with van der Waals surface area (Å²) in [7, 11) is -4.43. The zero-order valence-electron chi connectivity index (χ0n) is 5.27. The first-order valence-corrected chi connectivity index (χ1v) is 3.97. The van der Waals surface area contributed by atoms with Gasteiger partial charge in [0.1, 0.15) is 0 Å². The van der Waals surface area contributed by atoms with Crippen LogP contribution in [0.4, 0.5) is 0 Å². The molecule has 6 heteroatoms. The molecule has 60 valence electrons. The molecule has 0 spiro atoms. The first kappa shape index (κ1) is 9.38. The maximum absolute atomic E-state index is 10.0. The van der Waals surface area contributed by atoms with E-state index in [1.54, 1.807) is 0 Å². The van der Waals surface area contributed by atoms with E-state index in [0.717, 1.165) is 6.92 Å². The fourth-order valence-electron chi connectivity index (χ4n) is 0.348. The van der Waals surface area contributed by atoms with Crippen LogP contribution in [0.3, 0.4) is 0 Å². The van der Waals surface area contributed by atoms with Crippen molar-refractivity contribution in [3.8, 4) is 0 Å². The molecule has 0 aromatic rings. The molecule has 0 bridgehead atoms. The molecule has 0 aliphatic rings. The molecule has 10 heavy (non-hydrogen) atoms. The van der Waals surface area contributed by atoms with E-state index < -0.39 is 27.8 Å².